The average molecular weight is 663 g/mol. The van der Waals surface area contributed by atoms with Crippen LogP contribution >= 0.6 is 0 Å². The van der Waals surface area contributed by atoms with Crippen molar-refractivity contribution in [1.82, 2.24) is 4.57 Å². The lowest BCUT2D eigenvalue weighted by Crippen LogP contribution is -2.10. The monoisotopic (exact) mass is 662 g/mol. The Kier molecular flexibility index (Phi) is 7.18. The van der Waals surface area contributed by atoms with E-state index < -0.39 is 0 Å². The summed E-state index contributed by atoms with van der Waals surface area (Å²) in [7, 11) is 0. The first kappa shape index (κ1) is 30.0. The highest BCUT2D eigenvalue weighted by Crippen LogP contribution is 2.45. The number of nitrogens with zero attached hydrogens (tertiary/aromatic N) is 2. The molecule has 0 unspecified atom stereocenters. The summed E-state index contributed by atoms with van der Waals surface area (Å²) in [5.41, 5.74) is 11.7. The van der Waals surface area contributed by atoms with Crippen LogP contribution in [0.3, 0.4) is 0 Å². The Labute approximate surface area is 303 Å². The quantitative estimate of drug-likeness (QED) is 0.161. The van der Waals surface area contributed by atoms with E-state index in [1.165, 1.54) is 65.6 Å². The van der Waals surface area contributed by atoms with Crippen LogP contribution in [0.1, 0.15) is 0 Å². The van der Waals surface area contributed by atoms with Crippen LogP contribution in [0.4, 0.5) is 17.1 Å². The molecule has 0 saturated heterocycles. The molecular weight excluding hydrogens is 629 g/mol. The van der Waals surface area contributed by atoms with Crippen molar-refractivity contribution in [2.75, 3.05) is 4.90 Å². The van der Waals surface area contributed by atoms with Gasteiger partial charge >= 0.3 is 0 Å². The highest BCUT2D eigenvalue weighted by molar-refractivity contribution is 6.32. The molecule has 10 rings (SSSR count). The van der Waals surface area contributed by atoms with E-state index in [0.717, 1.165) is 22.7 Å². The number of anilines is 3. The van der Waals surface area contributed by atoms with E-state index in [-0.39, 0.29) is 0 Å². The van der Waals surface area contributed by atoms with Crippen LogP contribution in [0, 0.1) is 0 Å². The molecule has 2 nitrogen and oxygen atoms in total. The van der Waals surface area contributed by atoms with Gasteiger partial charge in [0.2, 0.25) is 0 Å². The van der Waals surface area contributed by atoms with Crippen LogP contribution in [0.5, 0.6) is 0 Å². The van der Waals surface area contributed by atoms with E-state index in [9.17, 15) is 0 Å². The second kappa shape index (κ2) is 12.5. The smallest absolute Gasteiger partial charge is 0.0625 e. The standard InChI is InChI=1S/C50H34N2/c1-4-14-35(15-5-1)37-24-28-40(29-25-37)51(41-30-26-38(27-31-41)36-16-6-2-7-17-36)42-32-33-48-47(34-42)49-45-22-12-10-20-43(45)44-21-11-13-23-46(44)50(49)52(48)39-18-8-3-9-19-39/h1-34H. The minimum atomic E-state index is 1.11. The van der Waals surface area contributed by atoms with E-state index in [1.807, 2.05) is 0 Å². The van der Waals surface area contributed by atoms with Crippen LogP contribution in [-0.2, 0) is 0 Å². The Morgan fingerprint density at radius 3 is 1.29 bits per heavy atom. The fourth-order valence-electron chi connectivity index (χ4n) is 7.97. The second-order valence-electron chi connectivity index (χ2n) is 13.3. The molecule has 2 heteroatoms. The third kappa shape index (κ3) is 4.96. The molecular formula is C50H34N2. The van der Waals surface area contributed by atoms with Gasteiger partial charge in [0, 0.05) is 38.9 Å². The largest absolute Gasteiger partial charge is 0.310 e. The maximum absolute atomic E-state index is 2.46. The van der Waals surface area contributed by atoms with Crippen molar-refractivity contribution in [3.8, 4) is 27.9 Å². The van der Waals surface area contributed by atoms with Gasteiger partial charge in [-0.2, -0.15) is 0 Å². The highest BCUT2D eigenvalue weighted by Gasteiger charge is 2.21. The molecule has 0 aliphatic heterocycles. The van der Waals surface area contributed by atoms with Gasteiger partial charge in [0.25, 0.3) is 0 Å². The summed E-state index contributed by atoms with van der Waals surface area (Å²) < 4.78 is 2.46. The predicted octanol–water partition coefficient (Wildman–Crippen LogP) is 13.9. The number of hydrogen-bond donors (Lipinski definition) is 0. The molecule has 52 heavy (non-hydrogen) atoms. The predicted molar refractivity (Wildman–Crippen MR) is 221 cm³/mol. The Balaban J connectivity index is 1.23. The van der Waals surface area contributed by atoms with Crippen molar-refractivity contribution in [2.45, 2.75) is 0 Å². The summed E-state index contributed by atoms with van der Waals surface area (Å²) >= 11 is 0. The van der Waals surface area contributed by atoms with Crippen LogP contribution in [0.2, 0.25) is 0 Å². The molecule has 244 valence electrons. The van der Waals surface area contributed by atoms with Crippen LogP contribution in [0.25, 0.3) is 71.3 Å². The van der Waals surface area contributed by atoms with Gasteiger partial charge in [0.15, 0.2) is 0 Å². The number of hydrogen-bond acceptors (Lipinski definition) is 1. The number of rotatable bonds is 6. The van der Waals surface area contributed by atoms with E-state index >= 15 is 0 Å². The first-order valence-corrected chi connectivity index (χ1v) is 17.9. The lowest BCUT2D eigenvalue weighted by atomic mass is 9.96. The van der Waals surface area contributed by atoms with Crippen molar-refractivity contribution in [2.24, 2.45) is 0 Å². The summed E-state index contributed by atoms with van der Waals surface area (Å²) in [4.78, 5) is 2.39. The summed E-state index contributed by atoms with van der Waals surface area (Å²) in [6.07, 6.45) is 0. The third-order valence-corrected chi connectivity index (χ3v) is 10.4. The molecule has 0 saturated carbocycles. The molecule has 0 amide bonds. The molecule has 0 bridgehead atoms. The van der Waals surface area contributed by atoms with Crippen LogP contribution in [0.15, 0.2) is 206 Å². The summed E-state index contributed by atoms with van der Waals surface area (Å²) in [6.45, 7) is 0. The van der Waals surface area contributed by atoms with Gasteiger partial charge in [-0.25, -0.2) is 0 Å². The minimum Gasteiger partial charge on any atom is -0.310 e. The van der Waals surface area contributed by atoms with Crippen molar-refractivity contribution in [3.05, 3.63) is 206 Å². The zero-order chi connectivity index (χ0) is 34.4. The maximum atomic E-state index is 2.46. The van der Waals surface area contributed by atoms with Gasteiger partial charge in [0.05, 0.1) is 11.0 Å². The normalized spacial score (nSPS) is 11.5. The molecule has 0 N–H and O–H groups in total. The maximum Gasteiger partial charge on any atom is 0.0625 e. The topological polar surface area (TPSA) is 8.17 Å². The van der Waals surface area contributed by atoms with Gasteiger partial charge < -0.3 is 9.47 Å². The fourth-order valence-corrected chi connectivity index (χ4v) is 7.97. The van der Waals surface area contributed by atoms with Gasteiger partial charge in [-0.15, -0.1) is 0 Å². The molecule has 0 atom stereocenters. The summed E-state index contributed by atoms with van der Waals surface area (Å²) in [5.74, 6) is 0. The Hall–Kier alpha value is -6.90. The lowest BCUT2D eigenvalue weighted by molar-refractivity contribution is 1.18. The number of fused-ring (bicyclic) bond motifs is 8. The second-order valence-corrected chi connectivity index (χ2v) is 13.3. The highest BCUT2D eigenvalue weighted by atomic mass is 15.1. The Morgan fingerprint density at radius 2 is 0.731 bits per heavy atom. The van der Waals surface area contributed by atoms with E-state index in [4.69, 9.17) is 0 Å². The summed E-state index contributed by atoms with van der Waals surface area (Å²) in [6, 6.07) is 74.6. The molecule has 0 aliphatic carbocycles. The van der Waals surface area contributed by atoms with E-state index in [0.29, 0.717) is 0 Å². The van der Waals surface area contributed by atoms with Gasteiger partial charge in [-0.05, 0) is 93.0 Å². The van der Waals surface area contributed by atoms with Crippen molar-refractivity contribution in [1.29, 1.82) is 0 Å². The summed E-state index contributed by atoms with van der Waals surface area (Å²) in [5, 5.41) is 7.55. The first-order chi connectivity index (χ1) is 25.8. The van der Waals surface area contributed by atoms with Gasteiger partial charge in [0.1, 0.15) is 0 Å². The average Bonchev–Trinajstić information content (AvgIpc) is 3.58. The molecule has 0 aliphatic rings. The van der Waals surface area contributed by atoms with Crippen LogP contribution < -0.4 is 4.90 Å². The zero-order valence-electron chi connectivity index (χ0n) is 28.5. The lowest BCUT2D eigenvalue weighted by Gasteiger charge is -2.26. The van der Waals surface area contributed by atoms with Gasteiger partial charge in [-0.3, -0.25) is 0 Å². The van der Waals surface area contributed by atoms with Crippen molar-refractivity contribution >= 4 is 60.4 Å². The minimum absolute atomic E-state index is 1.11. The first-order valence-electron chi connectivity index (χ1n) is 17.9. The van der Waals surface area contributed by atoms with Crippen molar-refractivity contribution in [3.63, 3.8) is 0 Å². The van der Waals surface area contributed by atoms with Gasteiger partial charge in [-0.1, -0.05) is 152 Å². The third-order valence-electron chi connectivity index (χ3n) is 10.4. The number of para-hydroxylation sites is 1. The molecule has 0 fully saturated rings. The molecule has 0 radical (unpaired) electrons. The number of benzene rings is 9. The number of aromatic nitrogens is 1. The van der Waals surface area contributed by atoms with Crippen molar-refractivity contribution < 1.29 is 0 Å². The zero-order valence-corrected chi connectivity index (χ0v) is 28.5. The van der Waals surface area contributed by atoms with E-state index in [2.05, 4.69) is 216 Å². The molecule has 10 aromatic rings. The molecule has 1 heterocycles. The fraction of sp³-hybridized carbons (Fsp3) is 0. The SMILES string of the molecule is c1ccc(-c2ccc(N(c3ccc(-c4ccccc4)cc3)c3ccc4c(c3)c3c5ccccc5c5ccccc5c3n4-c3ccccc3)cc2)cc1. The Morgan fingerprint density at radius 1 is 0.308 bits per heavy atom. The molecule has 9 aromatic carbocycles. The van der Waals surface area contributed by atoms with Crippen LogP contribution in [-0.4, -0.2) is 4.57 Å². The molecule has 0 spiro atoms. The molecule has 1 aromatic heterocycles. The Bertz CT molecular complexity index is 2770. The van der Waals surface area contributed by atoms with E-state index in [1.54, 1.807) is 0 Å².